The monoisotopic (exact) mass is 538 g/mol. The fourth-order valence-electron chi connectivity index (χ4n) is 3.30. The van der Waals surface area contributed by atoms with Gasteiger partial charge in [-0.2, -0.15) is 13.2 Å². The van der Waals surface area contributed by atoms with Gasteiger partial charge in [-0.1, -0.05) is 71.4 Å². The minimum absolute atomic E-state index is 0.0589. The van der Waals surface area contributed by atoms with Gasteiger partial charge in [0.2, 0.25) is 0 Å². The number of aromatic nitrogens is 3. The molecule has 0 aliphatic heterocycles. The van der Waals surface area contributed by atoms with Crippen molar-refractivity contribution in [1.29, 1.82) is 0 Å². The Morgan fingerprint density at radius 2 is 1.69 bits per heavy atom. The third kappa shape index (κ3) is 5.95. The van der Waals surface area contributed by atoms with Crippen LogP contribution < -0.4 is 0 Å². The van der Waals surface area contributed by atoms with Gasteiger partial charge in [-0.05, 0) is 29.3 Å². The van der Waals surface area contributed by atoms with E-state index in [0.29, 0.717) is 27.0 Å². The van der Waals surface area contributed by atoms with E-state index in [4.69, 9.17) is 23.2 Å². The molecule has 0 fully saturated rings. The maximum absolute atomic E-state index is 13.5. The number of nitro benzene ring substituents is 1. The molecule has 12 heteroatoms. The molecule has 0 N–H and O–H groups in total. The van der Waals surface area contributed by atoms with E-state index < -0.39 is 22.4 Å². The molecule has 3 aromatic carbocycles. The van der Waals surface area contributed by atoms with Crippen LogP contribution in [0.5, 0.6) is 0 Å². The zero-order valence-electron chi connectivity index (χ0n) is 17.7. The standard InChI is InChI=1S/C23H15Cl2F3N4O2S/c24-19-7-6-15(8-20(19)25)13-35-22-30-29-21(31(22)12-14-4-2-1-3-5-14)16-9-17(23(26,27)28)11-18(10-16)32(33)34/h1-11H,12-13H2. The molecule has 0 aliphatic rings. The van der Waals surface area contributed by atoms with Crippen molar-refractivity contribution in [3.63, 3.8) is 0 Å². The first kappa shape index (κ1) is 25.0. The van der Waals surface area contributed by atoms with Crippen LogP contribution in [0.4, 0.5) is 18.9 Å². The Labute approximate surface area is 211 Å². The van der Waals surface area contributed by atoms with Crippen molar-refractivity contribution in [2.24, 2.45) is 0 Å². The zero-order valence-corrected chi connectivity index (χ0v) is 20.0. The number of benzene rings is 3. The van der Waals surface area contributed by atoms with E-state index in [0.717, 1.165) is 23.3 Å². The van der Waals surface area contributed by atoms with E-state index in [1.165, 1.54) is 11.8 Å². The Bertz CT molecular complexity index is 1380. The SMILES string of the molecule is O=[N+]([O-])c1cc(-c2nnc(SCc3ccc(Cl)c(Cl)c3)n2Cc2ccccc2)cc(C(F)(F)F)c1. The fourth-order valence-corrected chi connectivity index (χ4v) is 4.51. The maximum Gasteiger partial charge on any atom is 0.416 e. The summed E-state index contributed by atoms with van der Waals surface area (Å²) in [5.74, 6) is 0.520. The maximum atomic E-state index is 13.5. The second kappa shape index (κ2) is 10.3. The molecule has 0 amide bonds. The summed E-state index contributed by atoms with van der Waals surface area (Å²) in [6.07, 6.45) is -4.77. The highest BCUT2D eigenvalue weighted by molar-refractivity contribution is 7.98. The smallest absolute Gasteiger partial charge is 0.298 e. The lowest BCUT2D eigenvalue weighted by atomic mass is 10.1. The number of halogens is 5. The highest BCUT2D eigenvalue weighted by Crippen LogP contribution is 2.36. The lowest BCUT2D eigenvalue weighted by molar-refractivity contribution is -0.385. The Kier molecular flexibility index (Phi) is 7.34. The second-order valence-electron chi connectivity index (χ2n) is 7.44. The van der Waals surface area contributed by atoms with Gasteiger partial charge < -0.3 is 0 Å². The van der Waals surface area contributed by atoms with Gasteiger partial charge in [-0.3, -0.25) is 14.7 Å². The molecule has 0 radical (unpaired) electrons. The highest BCUT2D eigenvalue weighted by Gasteiger charge is 2.33. The Hall–Kier alpha value is -3.08. The average molecular weight is 539 g/mol. The van der Waals surface area contributed by atoms with E-state index in [1.807, 2.05) is 30.3 Å². The normalized spacial score (nSPS) is 11.6. The lowest BCUT2D eigenvalue weighted by Gasteiger charge is -2.12. The first-order valence-corrected chi connectivity index (χ1v) is 11.8. The quantitative estimate of drug-likeness (QED) is 0.138. The van der Waals surface area contributed by atoms with Gasteiger partial charge >= 0.3 is 6.18 Å². The number of thioether (sulfide) groups is 1. The Balaban J connectivity index is 1.77. The fraction of sp³-hybridized carbons (Fsp3) is 0.130. The molecule has 0 spiro atoms. The molecular formula is C23H15Cl2F3N4O2S. The summed E-state index contributed by atoms with van der Waals surface area (Å²) in [5, 5.41) is 20.8. The predicted octanol–water partition coefficient (Wildman–Crippen LogP) is 7.52. The summed E-state index contributed by atoms with van der Waals surface area (Å²) in [5.41, 5.74) is -0.173. The van der Waals surface area contributed by atoms with Crippen LogP contribution in [0.25, 0.3) is 11.4 Å². The topological polar surface area (TPSA) is 73.8 Å². The van der Waals surface area contributed by atoms with Crippen molar-refractivity contribution in [3.05, 3.63) is 104 Å². The first-order valence-electron chi connectivity index (χ1n) is 10.0. The van der Waals surface area contributed by atoms with Gasteiger partial charge in [0.25, 0.3) is 5.69 Å². The molecule has 4 aromatic rings. The van der Waals surface area contributed by atoms with Crippen molar-refractivity contribution >= 4 is 40.7 Å². The van der Waals surface area contributed by atoms with Crippen LogP contribution in [0.3, 0.4) is 0 Å². The molecule has 0 bridgehead atoms. The van der Waals surface area contributed by atoms with E-state index >= 15 is 0 Å². The summed E-state index contributed by atoms with van der Waals surface area (Å²) in [6, 6.07) is 16.8. The summed E-state index contributed by atoms with van der Waals surface area (Å²) >= 11 is 13.4. The Morgan fingerprint density at radius 3 is 2.34 bits per heavy atom. The molecule has 0 unspecified atom stereocenters. The van der Waals surface area contributed by atoms with Crippen molar-refractivity contribution in [2.45, 2.75) is 23.6 Å². The number of hydrogen-bond acceptors (Lipinski definition) is 5. The highest BCUT2D eigenvalue weighted by atomic mass is 35.5. The number of nitrogens with zero attached hydrogens (tertiary/aromatic N) is 4. The zero-order chi connectivity index (χ0) is 25.2. The Morgan fingerprint density at radius 1 is 0.943 bits per heavy atom. The number of rotatable bonds is 7. The van der Waals surface area contributed by atoms with Gasteiger partial charge in [0.15, 0.2) is 11.0 Å². The first-order chi connectivity index (χ1) is 16.6. The minimum atomic E-state index is -4.77. The van der Waals surface area contributed by atoms with Crippen molar-refractivity contribution in [2.75, 3.05) is 0 Å². The number of non-ortho nitro benzene ring substituents is 1. The molecule has 0 atom stereocenters. The molecule has 0 saturated carbocycles. The summed E-state index contributed by atoms with van der Waals surface area (Å²) < 4.78 is 42.0. The molecule has 180 valence electrons. The van der Waals surface area contributed by atoms with Crippen LogP contribution in [-0.2, 0) is 18.5 Å². The second-order valence-corrected chi connectivity index (χ2v) is 9.20. The summed E-state index contributed by atoms with van der Waals surface area (Å²) in [4.78, 5) is 10.5. The van der Waals surface area contributed by atoms with Crippen LogP contribution in [0, 0.1) is 10.1 Å². The molecule has 0 aliphatic carbocycles. The molecule has 1 heterocycles. The van der Waals surface area contributed by atoms with E-state index in [1.54, 1.807) is 22.8 Å². The van der Waals surface area contributed by atoms with Crippen LogP contribution in [0.1, 0.15) is 16.7 Å². The number of nitro groups is 1. The molecular weight excluding hydrogens is 524 g/mol. The van der Waals surface area contributed by atoms with Crippen molar-refractivity contribution < 1.29 is 18.1 Å². The third-order valence-corrected chi connectivity index (χ3v) is 6.74. The average Bonchev–Trinajstić information content (AvgIpc) is 3.22. The molecule has 4 rings (SSSR count). The van der Waals surface area contributed by atoms with Crippen LogP contribution in [0.15, 0.2) is 71.9 Å². The third-order valence-electron chi connectivity index (χ3n) is 4.97. The van der Waals surface area contributed by atoms with E-state index in [2.05, 4.69) is 10.2 Å². The van der Waals surface area contributed by atoms with Gasteiger partial charge in [-0.25, -0.2) is 0 Å². The number of hydrogen-bond donors (Lipinski definition) is 0. The van der Waals surface area contributed by atoms with Crippen molar-refractivity contribution in [1.82, 2.24) is 14.8 Å². The van der Waals surface area contributed by atoms with Crippen LogP contribution >= 0.6 is 35.0 Å². The molecule has 35 heavy (non-hydrogen) atoms. The predicted molar refractivity (Wildman–Crippen MR) is 129 cm³/mol. The van der Waals surface area contributed by atoms with Crippen LogP contribution in [-0.4, -0.2) is 19.7 Å². The van der Waals surface area contributed by atoms with E-state index in [-0.39, 0.29) is 17.9 Å². The lowest BCUT2D eigenvalue weighted by Crippen LogP contribution is -2.08. The van der Waals surface area contributed by atoms with Crippen molar-refractivity contribution in [3.8, 4) is 11.4 Å². The molecule has 0 saturated heterocycles. The minimum Gasteiger partial charge on any atom is -0.298 e. The molecule has 6 nitrogen and oxygen atoms in total. The van der Waals surface area contributed by atoms with Gasteiger partial charge in [0, 0.05) is 23.4 Å². The largest absolute Gasteiger partial charge is 0.416 e. The van der Waals surface area contributed by atoms with E-state index in [9.17, 15) is 23.3 Å². The van der Waals surface area contributed by atoms with Gasteiger partial charge in [-0.15, -0.1) is 10.2 Å². The van der Waals surface area contributed by atoms with Gasteiger partial charge in [0.05, 0.1) is 27.1 Å². The summed E-state index contributed by atoms with van der Waals surface area (Å²) in [7, 11) is 0. The molecule has 1 aromatic heterocycles. The van der Waals surface area contributed by atoms with Crippen LogP contribution in [0.2, 0.25) is 10.0 Å². The van der Waals surface area contributed by atoms with Gasteiger partial charge in [0.1, 0.15) is 0 Å². The summed E-state index contributed by atoms with van der Waals surface area (Å²) in [6.45, 7) is 0.247. The number of alkyl halides is 3.